The van der Waals surface area contributed by atoms with Crippen molar-refractivity contribution < 1.29 is 22.7 Å². The van der Waals surface area contributed by atoms with E-state index in [1.54, 1.807) is 28.8 Å². The fourth-order valence-corrected chi connectivity index (χ4v) is 6.01. The second-order valence-electron chi connectivity index (χ2n) is 7.10. The van der Waals surface area contributed by atoms with Crippen LogP contribution in [0, 0.1) is 0 Å². The molecule has 1 atom stereocenters. The maximum absolute atomic E-state index is 12.8. The van der Waals surface area contributed by atoms with Crippen molar-refractivity contribution in [1.82, 2.24) is 4.90 Å². The summed E-state index contributed by atoms with van der Waals surface area (Å²) in [7, 11) is -3.09. The van der Waals surface area contributed by atoms with Gasteiger partial charge in [0.25, 0.3) is 5.91 Å². The van der Waals surface area contributed by atoms with Crippen LogP contribution in [0.5, 0.6) is 0 Å². The number of carbonyl (C=O) groups is 2. The Kier molecular flexibility index (Phi) is 6.47. The highest BCUT2D eigenvalue weighted by atomic mass is 32.2. The van der Waals surface area contributed by atoms with Gasteiger partial charge in [0.2, 0.25) is 0 Å². The molecule has 0 unspecified atom stereocenters. The van der Waals surface area contributed by atoms with Crippen molar-refractivity contribution in [3.05, 3.63) is 29.8 Å². The van der Waals surface area contributed by atoms with Gasteiger partial charge in [0.1, 0.15) is 0 Å². The molecule has 3 rings (SSSR count). The van der Waals surface area contributed by atoms with E-state index in [2.05, 4.69) is 0 Å². The Labute approximate surface area is 164 Å². The minimum absolute atomic E-state index is 0.0132. The molecule has 2 fully saturated rings. The first kappa shape index (κ1) is 20.2. The minimum atomic E-state index is -3.09. The van der Waals surface area contributed by atoms with E-state index in [0.717, 1.165) is 30.6 Å². The number of sulfone groups is 1. The van der Waals surface area contributed by atoms with Crippen LogP contribution < -0.4 is 0 Å². The second-order valence-corrected chi connectivity index (χ2v) is 10.2. The Morgan fingerprint density at radius 1 is 1.11 bits per heavy atom. The second kappa shape index (κ2) is 8.65. The van der Waals surface area contributed by atoms with Crippen LogP contribution in [0.2, 0.25) is 0 Å². The summed E-state index contributed by atoms with van der Waals surface area (Å²) in [5.74, 6) is -0.700. The van der Waals surface area contributed by atoms with Gasteiger partial charge >= 0.3 is 5.97 Å². The summed E-state index contributed by atoms with van der Waals surface area (Å²) < 4.78 is 29.0. The normalized spacial score (nSPS) is 21.9. The van der Waals surface area contributed by atoms with Gasteiger partial charge in [0.05, 0.1) is 17.1 Å². The summed E-state index contributed by atoms with van der Waals surface area (Å²) in [5.41, 5.74) is 0.400. The molecule has 27 heavy (non-hydrogen) atoms. The van der Waals surface area contributed by atoms with Gasteiger partial charge in [-0.15, -0.1) is 11.8 Å². The molecule has 2 aliphatic rings. The SMILES string of the molecule is CSc1ccc(C(=O)OCC(=O)N(C2CCCC2)[C@@H]2CCS(=O)(=O)C2)cc1. The average molecular weight is 412 g/mol. The smallest absolute Gasteiger partial charge is 0.338 e. The van der Waals surface area contributed by atoms with Crippen molar-refractivity contribution >= 4 is 33.5 Å². The first-order valence-corrected chi connectivity index (χ1v) is 12.3. The predicted octanol–water partition coefficient (Wildman–Crippen LogP) is 2.52. The molecule has 6 nitrogen and oxygen atoms in total. The molecular formula is C19H25NO5S2. The number of thioether (sulfide) groups is 1. The Hall–Kier alpha value is -1.54. The van der Waals surface area contributed by atoms with E-state index in [4.69, 9.17) is 4.74 Å². The number of hydrogen-bond donors (Lipinski definition) is 0. The van der Waals surface area contributed by atoms with E-state index in [1.807, 2.05) is 18.4 Å². The number of rotatable bonds is 6. The van der Waals surface area contributed by atoms with Crippen LogP contribution in [0.1, 0.15) is 42.5 Å². The van der Waals surface area contributed by atoms with E-state index in [-0.39, 0.29) is 36.1 Å². The molecule has 1 aliphatic heterocycles. The van der Waals surface area contributed by atoms with Gasteiger partial charge in [-0.3, -0.25) is 4.79 Å². The summed E-state index contributed by atoms with van der Waals surface area (Å²) in [6.45, 7) is -0.351. The monoisotopic (exact) mass is 411 g/mol. The lowest BCUT2D eigenvalue weighted by molar-refractivity contribution is -0.139. The van der Waals surface area contributed by atoms with Crippen LogP contribution in [-0.2, 0) is 19.4 Å². The topological polar surface area (TPSA) is 80.8 Å². The highest BCUT2D eigenvalue weighted by Gasteiger charge is 2.39. The van der Waals surface area contributed by atoms with E-state index < -0.39 is 15.8 Å². The van der Waals surface area contributed by atoms with Crippen LogP contribution in [-0.4, -0.2) is 61.6 Å². The molecule has 8 heteroatoms. The first-order valence-electron chi connectivity index (χ1n) is 9.22. The van der Waals surface area contributed by atoms with Crippen molar-refractivity contribution in [3.63, 3.8) is 0 Å². The zero-order chi connectivity index (χ0) is 19.4. The van der Waals surface area contributed by atoms with E-state index >= 15 is 0 Å². The van der Waals surface area contributed by atoms with Crippen molar-refractivity contribution in [3.8, 4) is 0 Å². The molecule has 1 aromatic rings. The molecular weight excluding hydrogens is 386 g/mol. The number of benzene rings is 1. The quantitative estimate of drug-likeness (QED) is 0.529. The minimum Gasteiger partial charge on any atom is -0.452 e. The molecule has 0 bridgehead atoms. The third-order valence-electron chi connectivity index (χ3n) is 5.26. The van der Waals surface area contributed by atoms with Crippen molar-refractivity contribution in [1.29, 1.82) is 0 Å². The zero-order valence-corrected chi connectivity index (χ0v) is 17.1. The van der Waals surface area contributed by atoms with Gasteiger partial charge in [-0.25, -0.2) is 13.2 Å². The molecule has 1 amide bonds. The molecule has 1 aromatic carbocycles. The van der Waals surface area contributed by atoms with Crippen LogP contribution in [0.15, 0.2) is 29.2 Å². The Balaban J connectivity index is 1.64. The number of ether oxygens (including phenoxy) is 1. The Morgan fingerprint density at radius 3 is 2.33 bits per heavy atom. The lowest BCUT2D eigenvalue weighted by Crippen LogP contribution is -2.48. The number of nitrogens with zero attached hydrogens (tertiary/aromatic N) is 1. The fourth-order valence-electron chi connectivity index (χ4n) is 3.89. The van der Waals surface area contributed by atoms with Crippen LogP contribution in [0.4, 0.5) is 0 Å². The van der Waals surface area contributed by atoms with Crippen LogP contribution in [0.25, 0.3) is 0 Å². The molecule has 0 aromatic heterocycles. The standard InChI is InChI=1S/C19H25NO5S2/c1-26-17-8-6-14(7-9-17)19(22)25-12-18(21)20(15-4-2-3-5-15)16-10-11-27(23,24)13-16/h6-9,15-16H,2-5,10-13H2,1H3/t16-/m1/s1. The average Bonchev–Trinajstić information content (AvgIpc) is 3.30. The highest BCUT2D eigenvalue weighted by Crippen LogP contribution is 2.29. The van der Waals surface area contributed by atoms with Gasteiger partial charge in [-0.1, -0.05) is 12.8 Å². The largest absolute Gasteiger partial charge is 0.452 e. The Bertz CT molecular complexity index is 785. The summed E-state index contributed by atoms with van der Waals surface area (Å²) in [6, 6.07) is 6.77. The van der Waals surface area contributed by atoms with Gasteiger partial charge in [0, 0.05) is 17.0 Å². The highest BCUT2D eigenvalue weighted by molar-refractivity contribution is 7.98. The molecule has 1 saturated heterocycles. The van der Waals surface area contributed by atoms with Crippen LogP contribution in [0.3, 0.4) is 0 Å². The number of amides is 1. The number of hydrogen-bond acceptors (Lipinski definition) is 6. The van der Waals surface area contributed by atoms with Gasteiger partial charge in [-0.2, -0.15) is 0 Å². The summed E-state index contributed by atoms with van der Waals surface area (Å²) >= 11 is 1.58. The molecule has 148 valence electrons. The molecule has 0 N–H and O–H groups in total. The van der Waals surface area contributed by atoms with E-state index in [9.17, 15) is 18.0 Å². The summed E-state index contributed by atoms with van der Waals surface area (Å²) in [4.78, 5) is 27.8. The third kappa shape index (κ3) is 5.04. The number of esters is 1. The van der Waals surface area contributed by atoms with E-state index in [1.165, 1.54) is 0 Å². The molecule has 1 saturated carbocycles. The van der Waals surface area contributed by atoms with Crippen molar-refractivity contribution in [2.45, 2.75) is 49.1 Å². The summed E-state index contributed by atoms with van der Waals surface area (Å²) in [6.07, 6.45) is 6.26. The van der Waals surface area contributed by atoms with Crippen molar-refractivity contribution in [2.24, 2.45) is 0 Å². The third-order valence-corrected chi connectivity index (χ3v) is 7.75. The molecule has 1 heterocycles. The van der Waals surface area contributed by atoms with Crippen molar-refractivity contribution in [2.75, 3.05) is 24.4 Å². The molecule has 1 aliphatic carbocycles. The van der Waals surface area contributed by atoms with Gasteiger partial charge in [-0.05, 0) is 49.8 Å². The lowest BCUT2D eigenvalue weighted by atomic mass is 10.1. The predicted molar refractivity (Wildman–Crippen MR) is 105 cm³/mol. The lowest BCUT2D eigenvalue weighted by Gasteiger charge is -2.33. The maximum atomic E-state index is 12.8. The molecule has 0 spiro atoms. The van der Waals surface area contributed by atoms with Gasteiger partial charge in [0.15, 0.2) is 16.4 Å². The van der Waals surface area contributed by atoms with Gasteiger partial charge < -0.3 is 9.64 Å². The maximum Gasteiger partial charge on any atom is 0.338 e. The summed E-state index contributed by atoms with van der Waals surface area (Å²) in [5, 5.41) is 0. The molecule has 0 radical (unpaired) electrons. The van der Waals surface area contributed by atoms with Crippen LogP contribution >= 0.6 is 11.8 Å². The number of carbonyl (C=O) groups excluding carboxylic acids is 2. The zero-order valence-electron chi connectivity index (χ0n) is 15.4. The van der Waals surface area contributed by atoms with E-state index in [0.29, 0.717) is 12.0 Å². The Morgan fingerprint density at radius 2 is 1.78 bits per heavy atom. The first-order chi connectivity index (χ1) is 12.9. The fraction of sp³-hybridized carbons (Fsp3) is 0.579.